The van der Waals surface area contributed by atoms with E-state index in [-0.39, 0.29) is 12.2 Å². The molecule has 0 aliphatic rings. The molecule has 2 aromatic rings. The smallest absolute Gasteiger partial charge is 0.335 e. The van der Waals surface area contributed by atoms with Gasteiger partial charge in [-0.3, -0.25) is 10.1 Å². The second-order valence-corrected chi connectivity index (χ2v) is 6.57. The maximum atomic E-state index is 12.0. The van der Waals surface area contributed by atoms with Crippen LogP contribution in [0.4, 0.5) is 18.0 Å². The van der Waals surface area contributed by atoms with Gasteiger partial charge < -0.3 is 11.2 Å². The largest absolute Gasteiger partial charge is 0.405 e. The molecule has 0 bridgehead atoms. The third-order valence-corrected chi connectivity index (χ3v) is 4.32. The predicted octanol–water partition coefficient (Wildman–Crippen LogP) is 2.18. The number of benzene rings is 1. The van der Waals surface area contributed by atoms with E-state index in [2.05, 4.69) is 10.2 Å². The molecule has 8 nitrogen and oxygen atoms in total. The minimum absolute atomic E-state index is 0.140. The number of nitrogens with zero attached hydrogens (tertiary/aromatic N) is 3. The summed E-state index contributed by atoms with van der Waals surface area (Å²) in [4.78, 5) is 22.7. The van der Waals surface area contributed by atoms with Crippen LogP contribution in [0.3, 0.4) is 0 Å². The van der Waals surface area contributed by atoms with Gasteiger partial charge in [-0.05, 0) is 12.1 Å². The standard InChI is InChI=1S/C14H14ClF3N6O2S/c15-9-4-2-1-3-8(9)11-22-23-13(24(11)19)27-6-5-10(25)21-12(26)20-7-14(16,17)18/h1-4H,5-7,19H2,(H2,20,21,25,26). The molecule has 2 rings (SSSR count). The zero-order chi connectivity index (χ0) is 20.0. The molecule has 1 aromatic carbocycles. The van der Waals surface area contributed by atoms with Crippen molar-refractivity contribution >= 4 is 35.3 Å². The number of halogens is 4. The first kappa shape index (κ1) is 20.8. The van der Waals surface area contributed by atoms with Crippen molar-refractivity contribution in [3.8, 4) is 11.4 Å². The van der Waals surface area contributed by atoms with Crippen LogP contribution in [-0.2, 0) is 4.79 Å². The third-order valence-electron chi connectivity index (χ3n) is 3.04. The number of nitrogen functional groups attached to an aromatic ring is 1. The summed E-state index contributed by atoms with van der Waals surface area (Å²) in [5.74, 6) is 5.69. The Hall–Kier alpha value is -2.47. The molecule has 0 spiro atoms. The summed E-state index contributed by atoms with van der Waals surface area (Å²) >= 11 is 7.17. The second kappa shape index (κ2) is 8.95. The molecule has 146 valence electrons. The van der Waals surface area contributed by atoms with Crippen molar-refractivity contribution in [2.45, 2.75) is 17.8 Å². The lowest BCUT2D eigenvalue weighted by Gasteiger charge is -2.09. The van der Waals surface area contributed by atoms with Crippen molar-refractivity contribution in [3.63, 3.8) is 0 Å². The van der Waals surface area contributed by atoms with E-state index in [1.54, 1.807) is 29.6 Å². The Kier molecular flexibility index (Phi) is 6.91. The van der Waals surface area contributed by atoms with Crippen molar-refractivity contribution < 1.29 is 22.8 Å². The molecule has 0 unspecified atom stereocenters. The van der Waals surface area contributed by atoms with Gasteiger partial charge in [0.1, 0.15) is 6.54 Å². The number of nitrogens with two attached hydrogens (primary N) is 1. The summed E-state index contributed by atoms with van der Waals surface area (Å²) < 4.78 is 37.1. The number of imide groups is 1. The van der Waals surface area contributed by atoms with Crippen LogP contribution in [0.1, 0.15) is 6.42 Å². The molecule has 0 saturated carbocycles. The normalized spacial score (nSPS) is 11.3. The first-order valence-electron chi connectivity index (χ1n) is 7.40. The van der Waals surface area contributed by atoms with Crippen LogP contribution >= 0.6 is 23.4 Å². The molecular weight excluding hydrogens is 409 g/mol. The molecule has 0 aliphatic carbocycles. The van der Waals surface area contributed by atoms with Crippen LogP contribution in [0.15, 0.2) is 29.4 Å². The van der Waals surface area contributed by atoms with Crippen molar-refractivity contribution in [2.75, 3.05) is 18.1 Å². The van der Waals surface area contributed by atoms with Crippen LogP contribution in [0, 0.1) is 0 Å². The van der Waals surface area contributed by atoms with Gasteiger partial charge in [0.25, 0.3) is 0 Å². The molecule has 1 aromatic heterocycles. The zero-order valence-corrected chi connectivity index (χ0v) is 15.2. The van der Waals surface area contributed by atoms with Gasteiger partial charge in [0, 0.05) is 17.7 Å². The van der Waals surface area contributed by atoms with Gasteiger partial charge in [-0.1, -0.05) is 35.5 Å². The van der Waals surface area contributed by atoms with E-state index >= 15 is 0 Å². The van der Waals surface area contributed by atoms with Crippen molar-refractivity contribution in [2.24, 2.45) is 0 Å². The number of hydrogen-bond donors (Lipinski definition) is 3. The summed E-state index contributed by atoms with van der Waals surface area (Å²) in [6.07, 6.45) is -4.70. The number of urea groups is 1. The number of carbonyl (C=O) groups is 2. The monoisotopic (exact) mass is 422 g/mol. The van der Waals surface area contributed by atoms with Crippen molar-refractivity contribution in [3.05, 3.63) is 29.3 Å². The van der Waals surface area contributed by atoms with Gasteiger partial charge in [0.2, 0.25) is 11.1 Å². The summed E-state index contributed by atoms with van der Waals surface area (Å²) in [7, 11) is 0. The van der Waals surface area contributed by atoms with Crippen LogP contribution < -0.4 is 16.5 Å². The molecule has 13 heteroatoms. The van der Waals surface area contributed by atoms with Crippen LogP contribution in [-0.4, -0.2) is 45.3 Å². The first-order valence-corrected chi connectivity index (χ1v) is 8.76. The van der Waals surface area contributed by atoms with E-state index in [0.29, 0.717) is 21.6 Å². The fourth-order valence-corrected chi connectivity index (χ4v) is 2.86. The van der Waals surface area contributed by atoms with Crippen LogP contribution in [0.25, 0.3) is 11.4 Å². The molecule has 1 heterocycles. The van der Waals surface area contributed by atoms with E-state index in [4.69, 9.17) is 17.4 Å². The first-order chi connectivity index (χ1) is 12.7. The highest BCUT2D eigenvalue weighted by molar-refractivity contribution is 7.99. The highest BCUT2D eigenvalue weighted by atomic mass is 35.5. The van der Waals surface area contributed by atoms with Gasteiger partial charge in [0.15, 0.2) is 5.82 Å². The van der Waals surface area contributed by atoms with Crippen LogP contribution in [0.2, 0.25) is 5.02 Å². The maximum Gasteiger partial charge on any atom is 0.405 e. The highest BCUT2D eigenvalue weighted by Gasteiger charge is 2.28. The number of amides is 3. The Morgan fingerprint density at radius 1 is 1.26 bits per heavy atom. The average molecular weight is 423 g/mol. The second-order valence-electron chi connectivity index (χ2n) is 5.10. The molecule has 0 saturated heterocycles. The Balaban J connectivity index is 1.83. The molecule has 0 aliphatic heterocycles. The SMILES string of the molecule is Nn1c(SCCC(=O)NC(=O)NCC(F)(F)F)nnc1-c1ccccc1Cl. The van der Waals surface area contributed by atoms with E-state index < -0.39 is 24.7 Å². The summed E-state index contributed by atoms with van der Waals surface area (Å²) in [6, 6.07) is 5.69. The summed E-state index contributed by atoms with van der Waals surface area (Å²) in [5.41, 5.74) is 0.583. The summed E-state index contributed by atoms with van der Waals surface area (Å²) in [5, 5.41) is 11.9. The number of nitrogens with one attached hydrogen (secondary N) is 2. The Bertz CT molecular complexity index is 829. The quantitative estimate of drug-likeness (QED) is 0.485. The Morgan fingerprint density at radius 2 is 1.96 bits per heavy atom. The molecule has 0 atom stereocenters. The minimum Gasteiger partial charge on any atom is -0.335 e. The number of thioether (sulfide) groups is 1. The fourth-order valence-electron chi connectivity index (χ4n) is 1.85. The predicted molar refractivity (Wildman–Crippen MR) is 93.6 cm³/mol. The van der Waals surface area contributed by atoms with Gasteiger partial charge >= 0.3 is 12.2 Å². The minimum atomic E-state index is -4.55. The number of hydrogen-bond acceptors (Lipinski definition) is 6. The number of carbonyl (C=O) groups excluding carboxylic acids is 2. The molecular formula is C14H14ClF3N6O2S. The number of rotatable bonds is 6. The zero-order valence-electron chi connectivity index (χ0n) is 13.6. The van der Waals surface area contributed by atoms with E-state index in [0.717, 1.165) is 11.8 Å². The highest BCUT2D eigenvalue weighted by Crippen LogP contribution is 2.27. The van der Waals surface area contributed by atoms with Gasteiger partial charge in [-0.25, -0.2) is 9.47 Å². The van der Waals surface area contributed by atoms with Crippen LogP contribution in [0.5, 0.6) is 0 Å². The Labute approximate surface area is 160 Å². The van der Waals surface area contributed by atoms with Crippen molar-refractivity contribution in [1.82, 2.24) is 25.5 Å². The molecule has 3 amide bonds. The number of aromatic nitrogens is 3. The average Bonchev–Trinajstić information content (AvgIpc) is 2.94. The van der Waals surface area contributed by atoms with Gasteiger partial charge in [0.05, 0.1) is 5.02 Å². The topological polar surface area (TPSA) is 115 Å². The van der Waals surface area contributed by atoms with Crippen molar-refractivity contribution in [1.29, 1.82) is 0 Å². The lowest BCUT2D eigenvalue weighted by atomic mass is 10.2. The molecule has 27 heavy (non-hydrogen) atoms. The lowest BCUT2D eigenvalue weighted by Crippen LogP contribution is -2.43. The number of alkyl halides is 3. The summed E-state index contributed by atoms with van der Waals surface area (Å²) in [6.45, 7) is -1.53. The maximum absolute atomic E-state index is 12.0. The molecule has 0 radical (unpaired) electrons. The molecule has 4 N–H and O–H groups in total. The van der Waals surface area contributed by atoms with E-state index in [1.165, 1.54) is 9.99 Å². The molecule has 0 fully saturated rings. The van der Waals surface area contributed by atoms with E-state index in [9.17, 15) is 22.8 Å². The van der Waals surface area contributed by atoms with E-state index in [1.807, 2.05) is 0 Å². The lowest BCUT2D eigenvalue weighted by molar-refractivity contribution is -0.124. The Morgan fingerprint density at radius 3 is 2.63 bits per heavy atom. The fraction of sp³-hybridized carbons (Fsp3) is 0.286. The third kappa shape index (κ3) is 6.32. The van der Waals surface area contributed by atoms with Gasteiger partial charge in [-0.2, -0.15) is 13.2 Å². The van der Waals surface area contributed by atoms with Gasteiger partial charge in [-0.15, -0.1) is 10.2 Å².